The van der Waals surface area contributed by atoms with Crippen LogP contribution in [0, 0.1) is 11.8 Å². The van der Waals surface area contributed by atoms with Crippen molar-refractivity contribution in [2.45, 2.75) is 13.0 Å². The molecule has 0 aromatic heterocycles. The molecule has 0 radical (unpaired) electrons. The van der Waals surface area contributed by atoms with Crippen LogP contribution >= 0.6 is 12.2 Å². The highest BCUT2D eigenvalue weighted by Gasteiger charge is 2.45. The van der Waals surface area contributed by atoms with Gasteiger partial charge >= 0.3 is 0 Å². The molecule has 84 valence electrons. The van der Waals surface area contributed by atoms with Gasteiger partial charge in [0.1, 0.15) is 0 Å². The fourth-order valence-corrected chi connectivity index (χ4v) is 2.67. The van der Waals surface area contributed by atoms with Crippen LogP contribution in [0.2, 0.25) is 0 Å². The van der Waals surface area contributed by atoms with Crippen molar-refractivity contribution < 1.29 is 0 Å². The Labute approximate surface area is 102 Å². The Morgan fingerprint density at radius 1 is 1.25 bits per heavy atom. The van der Waals surface area contributed by atoms with E-state index < -0.39 is 0 Å². The lowest BCUT2D eigenvalue weighted by Crippen LogP contribution is -2.38. The summed E-state index contributed by atoms with van der Waals surface area (Å²) < 4.78 is 0. The van der Waals surface area contributed by atoms with E-state index in [2.05, 4.69) is 34.5 Å². The molecule has 1 aliphatic heterocycles. The van der Waals surface area contributed by atoms with Crippen LogP contribution in [0.5, 0.6) is 0 Å². The van der Waals surface area contributed by atoms with Crippen LogP contribution in [0.1, 0.15) is 12.0 Å². The van der Waals surface area contributed by atoms with Gasteiger partial charge in [0, 0.05) is 19.6 Å². The maximum absolute atomic E-state index is 5.40. The standard InChI is InChI=1S/C13H16N2S/c16-13(15-8-11-6-12(11)9-15)14-7-10-4-2-1-3-5-10/h1-5,11-12H,6-9H2,(H,14,16). The number of hydrogen-bond donors (Lipinski definition) is 1. The third-order valence-corrected chi connectivity index (χ3v) is 3.96. The Balaban J connectivity index is 1.50. The summed E-state index contributed by atoms with van der Waals surface area (Å²) in [5.74, 6) is 1.88. The average molecular weight is 232 g/mol. The molecule has 1 saturated carbocycles. The first-order valence-electron chi connectivity index (χ1n) is 5.89. The Kier molecular flexibility index (Phi) is 2.56. The summed E-state index contributed by atoms with van der Waals surface area (Å²) in [6.07, 6.45) is 1.43. The number of hydrogen-bond acceptors (Lipinski definition) is 1. The second-order valence-electron chi connectivity index (χ2n) is 4.81. The van der Waals surface area contributed by atoms with Gasteiger partial charge in [-0.3, -0.25) is 0 Å². The van der Waals surface area contributed by atoms with E-state index >= 15 is 0 Å². The van der Waals surface area contributed by atoms with Gasteiger partial charge in [-0.15, -0.1) is 0 Å². The highest BCUT2D eigenvalue weighted by atomic mass is 32.1. The zero-order chi connectivity index (χ0) is 11.0. The molecule has 1 aliphatic carbocycles. The van der Waals surface area contributed by atoms with Crippen LogP contribution in [0.15, 0.2) is 30.3 Å². The topological polar surface area (TPSA) is 15.3 Å². The van der Waals surface area contributed by atoms with E-state index in [0.717, 1.165) is 23.5 Å². The number of thiocarbonyl (C=S) groups is 1. The molecule has 2 unspecified atom stereocenters. The Morgan fingerprint density at radius 3 is 2.62 bits per heavy atom. The van der Waals surface area contributed by atoms with Gasteiger partial charge in [-0.25, -0.2) is 0 Å². The van der Waals surface area contributed by atoms with Crippen molar-refractivity contribution >= 4 is 17.3 Å². The summed E-state index contributed by atoms with van der Waals surface area (Å²) in [4.78, 5) is 2.32. The fraction of sp³-hybridized carbons (Fsp3) is 0.462. The summed E-state index contributed by atoms with van der Waals surface area (Å²) in [5.41, 5.74) is 1.29. The van der Waals surface area contributed by atoms with Gasteiger partial charge in [-0.2, -0.15) is 0 Å². The van der Waals surface area contributed by atoms with E-state index in [-0.39, 0.29) is 0 Å². The molecule has 1 aromatic rings. The van der Waals surface area contributed by atoms with Gasteiger partial charge in [0.05, 0.1) is 0 Å². The lowest BCUT2D eigenvalue weighted by atomic mass is 10.2. The number of likely N-dealkylation sites (tertiary alicyclic amines) is 1. The number of piperidine rings is 1. The van der Waals surface area contributed by atoms with Crippen LogP contribution < -0.4 is 5.32 Å². The molecule has 16 heavy (non-hydrogen) atoms. The van der Waals surface area contributed by atoms with Crippen molar-refractivity contribution in [3.8, 4) is 0 Å². The van der Waals surface area contributed by atoms with Crippen molar-refractivity contribution in [1.29, 1.82) is 0 Å². The third kappa shape index (κ3) is 2.05. The normalized spacial score (nSPS) is 26.4. The van der Waals surface area contributed by atoms with Gasteiger partial charge in [0.2, 0.25) is 0 Å². The maximum Gasteiger partial charge on any atom is 0.169 e. The first kappa shape index (κ1) is 10.1. The Morgan fingerprint density at radius 2 is 1.94 bits per heavy atom. The molecule has 0 amide bonds. The first-order chi connectivity index (χ1) is 7.83. The molecule has 2 fully saturated rings. The van der Waals surface area contributed by atoms with Crippen molar-refractivity contribution in [1.82, 2.24) is 10.2 Å². The molecule has 0 bridgehead atoms. The van der Waals surface area contributed by atoms with Crippen LogP contribution in [0.25, 0.3) is 0 Å². The Bertz CT molecular complexity index is 380. The van der Waals surface area contributed by atoms with Crippen LogP contribution in [-0.2, 0) is 6.54 Å². The van der Waals surface area contributed by atoms with Gasteiger partial charge < -0.3 is 10.2 Å². The number of benzene rings is 1. The molecule has 2 atom stereocenters. The third-order valence-electron chi connectivity index (χ3n) is 3.55. The molecule has 1 N–H and O–H groups in total. The molecule has 2 aliphatic rings. The lowest BCUT2D eigenvalue weighted by Gasteiger charge is -2.21. The highest BCUT2D eigenvalue weighted by Crippen LogP contribution is 2.44. The minimum atomic E-state index is 0.839. The van der Waals surface area contributed by atoms with Gasteiger partial charge in [-0.05, 0) is 36.0 Å². The number of nitrogens with zero attached hydrogens (tertiary/aromatic N) is 1. The summed E-state index contributed by atoms with van der Waals surface area (Å²) in [5, 5.41) is 4.27. The minimum Gasteiger partial charge on any atom is -0.358 e. The largest absolute Gasteiger partial charge is 0.358 e. The zero-order valence-electron chi connectivity index (χ0n) is 9.23. The minimum absolute atomic E-state index is 0.839. The summed E-state index contributed by atoms with van der Waals surface area (Å²) in [6.45, 7) is 3.18. The average Bonchev–Trinajstić information content (AvgIpc) is 2.94. The van der Waals surface area contributed by atoms with Gasteiger partial charge in [0.25, 0.3) is 0 Å². The molecule has 1 saturated heterocycles. The smallest absolute Gasteiger partial charge is 0.169 e. The van der Waals surface area contributed by atoms with E-state index in [9.17, 15) is 0 Å². The fourth-order valence-electron chi connectivity index (χ4n) is 2.45. The molecular weight excluding hydrogens is 216 g/mol. The van der Waals surface area contributed by atoms with E-state index in [0.29, 0.717) is 0 Å². The lowest BCUT2D eigenvalue weighted by molar-refractivity contribution is 0.452. The van der Waals surface area contributed by atoms with E-state index in [4.69, 9.17) is 12.2 Å². The van der Waals surface area contributed by atoms with E-state index in [1.165, 1.54) is 25.1 Å². The highest BCUT2D eigenvalue weighted by molar-refractivity contribution is 7.80. The monoisotopic (exact) mass is 232 g/mol. The van der Waals surface area contributed by atoms with Crippen molar-refractivity contribution in [2.24, 2.45) is 11.8 Å². The van der Waals surface area contributed by atoms with Crippen molar-refractivity contribution in [3.05, 3.63) is 35.9 Å². The molecule has 1 aromatic carbocycles. The molecule has 0 spiro atoms. The second kappa shape index (κ2) is 4.06. The molecule has 3 heteroatoms. The SMILES string of the molecule is S=C(NCc1ccccc1)N1CC2CC2C1. The molecule has 3 rings (SSSR count). The van der Waals surface area contributed by atoms with Crippen molar-refractivity contribution in [3.63, 3.8) is 0 Å². The number of rotatable bonds is 2. The maximum atomic E-state index is 5.40. The van der Waals surface area contributed by atoms with Gasteiger partial charge in [-0.1, -0.05) is 30.3 Å². The van der Waals surface area contributed by atoms with Gasteiger partial charge in [0.15, 0.2) is 5.11 Å². The van der Waals surface area contributed by atoms with E-state index in [1.54, 1.807) is 0 Å². The van der Waals surface area contributed by atoms with Crippen molar-refractivity contribution in [2.75, 3.05) is 13.1 Å². The summed E-state index contributed by atoms with van der Waals surface area (Å²) >= 11 is 5.40. The zero-order valence-corrected chi connectivity index (χ0v) is 10.0. The summed E-state index contributed by atoms with van der Waals surface area (Å²) in [7, 11) is 0. The first-order valence-corrected chi connectivity index (χ1v) is 6.30. The summed E-state index contributed by atoms with van der Waals surface area (Å²) in [6, 6.07) is 10.4. The van der Waals surface area contributed by atoms with E-state index in [1.807, 2.05) is 6.07 Å². The van der Waals surface area contributed by atoms with Crippen LogP contribution in [0.4, 0.5) is 0 Å². The van der Waals surface area contributed by atoms with Crippen LogP contribution in [-0.4, -0.2) is 23.1 Å². The molecule has 1 heterocycles. The number of nitrogens with one attached hydrogen (secondary N) is 1. The quantitative estimate of drug-likeness (QED) is 0.785. The number of fused-ring (bicyclic) bond motifs is 1. The second-order valence-corrected chi connectivity index (χ2v) is 5.19. The molecular formula is C13H16N2S. The predicted molar refractivity (Wildman–Crippen MR) is 69.0 cm³/mol. The molecule has 2 nitrogen and oxygen atoms in total. The van der Waals surface area contributed by atoms with Crippen LogP contribution in [0.3, 0.4) is 0 Å². The predicted octanol–water partition coefficient (Wildman–Crippen LogP) is 2.01. The Hall–Kier alpha value is -1.09.